The molecule has 0 unspecified atom stereocenters. The lowest BCUT2D eigenvalue weighted by Crippen LogP contribution is -1.97. The molecule has 0 aromatic rings. The summed E-state index contributed by atoms with van der Waals surface area (Å²) in [5.41, 5.74) is 0.469. The number of carboxylic acids is 1. The maximum absolute atomic E-state index is 10.6. The van der Waals surface area contributed by atoms with Gasteiger partial charge in [0.05, 0.1) is 0 Å². The highest BCUT2D eigenvalue weighted by Gasteiger charge is 2.00. The maximum Gasteiger partial charge on any atom is 0.331 e. The van der Waals surface area contributed by atoms with Gasteiger partial charge in [-0.25, -0.2) is 4.79 Å². The Balaban J connectivity index is 3.81. The molecule has 0 amide bonds. The second-order valence-corrected chi connectivity index (χ2v) is 3.27. The summed E-state index contributed by atoms with van der Waals surface area (Å²) in [4.78, 5) is 10.6. The summed E-state index contributed by atoms with van der Waals surface area (Å²) in [5, 5.41) is 8.71. The van der Waals surface area contributed by atoms with Crippen LogP contribution in [0.2, 0.25) is 0 Å². The average molecular weight is 196 g/mol. The third-order valence-electron chi connectivity index (χ3n) is 2.06. The molecular formula is C12H20O2. The fourth-order valence-electron chi connectivity index (χ4n) is 1.13. The molecule has 0 aliphatic heterocycles. The fourth-order valence-corrected chi connectivity index (χ4v) is 1.13. The summed E-state index contributed by atoms with van der Waals surface area (Å²) in [7, 11) is 0. The van der Waals surface area contributed by atoms with E-state index in [1.807, 2.05) is 19.1 Å². The van der Waals surface area contributed by atoms with Crippen LogP contribution in [0.25, 0.3) is 0 Å². The Morgan fingerprint density at radius 2 is 2.00 bits per heavy atom. The average Bonchev–Trinajstić information content (AvgIpc) is 2.16. The zero-order valence-electron chi connectivity index (χ0n) is 9.12. The summed E-state index contributed by atoms with van der Waals surface area (Å²) in [6.45, 7) is 4.02. The topological polar surface area (TPSA) is 37.3 Å². The van der Waals surface area contributed by atoms with E-state index in [0.29, 0.717) is 12.0 Å². The van der Waals surface area contributed by atoms with Crippen LogP contribution in [0.5, 0.6) is 0 Å². The first-order chi connectivity index (χ1) is 6.72. The standard InChI is InChI=1S/C12H20O2/c1-3-5-6-7-8-9-10-11(4-2)12(13)14/h8-10H,3-7H2,1-2H3,(H,13,14)/b9-8-,11-10-. The summed E-state index contributed by atoms with van der Waals surface area (Å²) >= 11 is 0. The van der Waals surface area contributed by atoms with Gasteiger partial charge in [-0.15, -0.1) is 0 Å². The highest BCUT2D eigenvalue weighted by molar-refractivity contribution is 5.86. The molecule has 0 aliphatic rings. The van der Waals surface area contributed by atoms with E-state index in [2.05, 4.69) is 6.92 Å². The number of unbranched alkanes of at least 4 members (excludes halogenated alkanes) is 3. The van der Waals surface area contributed by atoms with Crippen LogP contribution < -0.4 is 0 Å². The fraction of sp³-hybridized carbons (Fsp3) is 0.583. The van der Waals surface area contributed by atoms with E-state index in [9.17, 15) is 4.79 Å². The number of hydrogen-bond donors (Lipinski definition) is 1. The normalized spacial score (nSPS) is 12.3. The van der Waals surface area contributed by atoms with Gasteiger partial charge >= 0.3 is 5.97 Å². The summed E-state index contributed by atoms with van der Waals surface area (Å²) < 4.78 is 0. The quantitative estimate of drug-likeness (QED) is 0.384. The molecule has 0 rings (SSSR count). The maximum atomic E-state index is 10.6. The van der Waals surface area contributed by atoms with Crippen molar-refractivity contribution in [2.45, 2.75) is 46.0 Å². The molecule has 0 heterocycles. The second kappa shape index (κ2) is 8.54. The van der Waals surface area contributed by atoms with Gasteiger partial charge in [-0.05, 0) is 19.3 Å². The molecule has 2 nitrogen and oxygen atoms in total. The first-order valence-corrected chi connectivity index (χ1v) is 5.31. The van der Waals surface area contributed by atoms with E-state index in [1.165, 1.54) is 19.3 Å². The van der Waals surface area contributed by atoms with Gasteiger partial charge in [0, 0.05) is 5.57 Å². The Labute approximate surface area is 86.3 Å². The van der Waals surface area contributed by atoms with E-state index in [0.717, 1.165) is 6.42 Å². The van der Waals surface area contributed by atoms with Gasteiger partial charge in [-0.1, -0.05) is 44.9 Å². The van der Waals surface area contributed by atoms with Gasteiger partial charge < -0.3 is 5.11 Å². The Morgan fingerprint density at radius 3 is 2.50 bits per heavy atom. The molecule has 0 bridgehead atoms. The Bertz CT molecular complexity index is 214. The monoisotopic (exact) mass is 196 g/mol. The van der Waals surface area contributed by atoms with Crippen LogP contribution >= 0.6 is 0 Å². The molecule has 1 N–H and O–H groups in total. The smallest absolute Gasteiger partial charge is 0.331 e. The summed E-state index contributed by atoms with van der Waals surface area (Å²) in [6.07, 6.45) is 10.8. The lowest BCUT2D eigenvalue weighted by molar-refractivity contribution is -0.132. The molecule has 0 spiro atoms. The summed E-state index contributed by atoms with van der Waals surface area (Å²) in [6, 6.07) is 0. The van der Waals surface area contributed by atoms with Crippen molar-refractivity contribution in [2.75, 3.05) is 0 Å². The van der Waals surface area contributed by atoms with Gasteiger partial charge in [0.2, 0.25) is 0 Å². The van der Waals surface area contributed by atoms with Crippen molar-refractivity contribution in [3.05, 3.63) is 23.8 Å². The zero-order chi connectivity index (χ0) is 10.8. The van der Waals surface area contributed by atoms with Gasteiger partial charge in [-0.2, -0.15) is 0 Å². The SMILES string of the molecule is CCCCC/C=C\C=C(\CC)C(=O)O. The molecule has 14 heavy (non-hydrogen) atoms. The number of rotatable bonds is 7. The lowest BCUT2D eigenvalue weighted by Gasteiger charge is -1.94. The minimum absolute atomic E-state index is 0.469. The summed E-state index contributed by atoms with van der Waals surface area (Å²) in [5.74, 6) is -0.814. The minimum atomic E-state index is -0.814. The highest BCUT2D eigenvalue weighted by Crippen LogP contribution is 2.03. The third-order valence-corrected chi connectivity index (χ3v) is 2.06. The van der Waals surface area contributed by atoms with Crippen molar-refractivity contribution in [1.29, 1.82) is 0 Å². The molecule has 0 saturated carbocycles. The minimum Gasteiger partial charge on any atom is -0.478 e. The Kier molecular flexibility index (Phi) is 7.90. The number of aliphatic carboxylic acids is 1. The first-order valence-electron chi connectivity index (χ1n) is 5.31. The predicted molar refractivity (Wildman–Crippen MR) is 59.3 cm³/mol. The largest absolute Gasteiger partial charge is 0.478 e. The zero-order valence-corrected chi connectivity index (χ0v) is 9.12. The number of carboxylic acid groups (broad SMARTS) is 1. The molecular weight excluding hydrogens is 176 g/mol. The van der Waals surface area contributed by atoms with Crippen LogP contribution in [0.4, 0.5) is 0 Å². The molecule has 80 valence electrons. The Morgan fingerprint density at radius 1 is 1.29 bits per heavy atom. The molecule has 0 aromatic heterocycles. The number of carbonyl (C=O) groups is 1. The number of hydrogen-bond acceptors (Lipinski definition) is 1. The molecule has 2 heteroatoms. The van der Waals surface area contributed by atoms with E-state index >= 15 is 0 Å². The third kappa shape index (κ3) is 6.46. The first kappa shape index (κ1) is 12.9. The van der Waals surface area contributed by atoms with Crippen LogP contribution in [-0.2, 0) is 4.79 Å². The van der Waals surface area contributed by atoms with Crippen LogP contribution in [0.1, 0.15) is 46.0 Å². The molecule has 0 atom stereocenters. The van der Waals surface area contributed by atoms with E-state index in [1.54, 1.807) is 6.08 Å². The molecule has 0 aliphatic carbocycles. The van der Waals surface area contributed by atoms with Crippen molar-refractivity contribution in [3.8, 4) is 0 Å². The Hall–Kier alpha value is -1.05. The molecule has 0 aromatic carbocycles. The van der Waals surface area contributed by atoms with Crippen LogP contribution in [0.15, 0.2) is 23.8 Å². The predicted octanol–water partition coefficient (Wildman–Crippen LogP) is 3.54. The molecule has 0 radical (unpaired) electrons. The van der Waals surface area contributed by atoms with Crippen molar-refractivity contribution >= 4 is 5.97 Å². The second-order valence-electron chi connectivity index (χ2n) is 3.27. The van der Waals surface area contributed by atoms with Crippen LogP contribution in [0, 0.1) is 0 Å². The van der Waals surface area contributed by atoms with Crippen molar-refractivity contribution < 1.29 is 9.90 Å². The van der Waals surface area contributed by atoms with Crippen molar-refractivity contribution in [3.63, 3.8) is 0 Å². The van der Waals surface area contributed by atoms with E-state index in [4.69, 9.17) is 5.11 Å². The van der Waals surface area contributed by atoms with Crippen molar-refractivity contribution in [2.24, 2.45) is 0 Å². The van der Waals surface area contributed by atoms with E-state index < -0.39 is 5.97 Å². The van der Waals surface area contributed by atoms with Gasteiger partial charge in [0.1, 0.15) is 0 Å². The van der Waals surface area contributed by atoms with E-state index in [-0.39, 0.29) is 0 Å². The van der Waals surface area contributed by atoms with Gasteiger partial charge in [-0.3, -0.25) is 0 Å². The molecule has 0 fully saturated rings. The van der Waals surface area contributed by atoms with Crippen LogP contribution in [0.3, 0.4) is 0 Å². The van der Waals surface area contributed by atoms with Gasteiger partial charge in [0.25, 0.3) is 0 Å². The van der Waals surface area contributed by atoms with Gasteiger partial charge in [0.15, 0.2) is 0 Å². The van der Waals surface area contributed by atoms with Crippen LogP contribution in [-0.4, -0.2) is 11.1 Å². The molecule has 0 saturated heterocycles. The van der Waals surface area contributed by atoms with Crippen molar-refractivity contribution in [1.82, 2.24) is 0 Å². The lowest BCUT2D eigenvalue weighted by atomic mass is 10.1. The highest BCUT2D eigenvalue weighted by atomic mass is 16.4. The number of allylic oxidation sites excluding steroid dienone is 3.